The first-order valence-corrected chi connectivity index (χ1v) is 10.4. The summed E-state index contributed by atoms with van der Waals surface area (Å²) in [6.45, 7) is 0.440. The number of rotatable bonds is 6. The van der Waals surface area contributed by atoms with Gasteiger partial charge in [-0.1, -0.05) is 50.1 Å². The average molecular weight is 515 g/mol. The van der Waals surface area contributed by atoms with Gasteiger partial charge in [-0.25, -0.2) is 9.97 Å². The maximum absolute atomic E-state index is 5.97. The van der Waals surface area contributed by atoms with Crippen molar-refractivity contribution in [1.82, 2.24) is 9.97 Å². The van der Waals surface area contributed by atoms with Crippen LogP contribution in [-0.4, -0.2) is 17.1 Å². The first-order valence-electron chi connectivity index (χ1n) is 8.85. The number of hydrogen-bond donors (Lipinski definition) is 1. The predicted octanol–water partition coefficient (Wildman–Crippen LogP) is 6.49. The lowest BCUT2D eigenvalue weighted by Gasteiger charge is -2.14. The van der Waals surface area contributed by atoms with Crippen molar-refractivity contribution < 1.29 is 9.47 Å². The Morgan fingerprint density at radius 2 is 1.79 bits per heavy atom. The fourth-order valence-electron chi connectivity index (χ4n) is 2.90. The Morgan fingerprint density at radius 3 is 2.62 bits per heavy atom. The van der Waals surface area contributed by atoms with Crippen molar-refractivity contribution in [2.75, 3.05) is 12.4 Å². The van der Waals surface area contributed by atoms with Crippen molar-refractivity contribution in [3.8, 4) is 11.5 Å². The van der Waals surface area contributed by atoms with Crippen molar-refractivity contribution in [2.24, 2.45) is 0 Å². The van der Waals surface area contributed by atoms with E-state index in [1.54, 1.807) is 13.4 Å². The maximum atomic E-state index is 5.97. The van der Waals surface area contributed by atoms with Gasteiger partial charge in [0, 0.05) is 31.6 Å². The molecule has 0 atom stereocenters. The van der Waals surface area contributed by atoms with Crippen LogP contribution in [0.15, 0.2) is 75.9 Å². The van der Waals surface area contributed by atoms with Gasteiger partial charge in [-0.3, -0.25) is 0 Å². The van der Waals surface area contributed by atoms with Gasteiger partial charge in [0.25, 0.3) is 0 Å². The standard InChI is InChI=1S/C22H17Br2N3O2/c1-28-21-11-16(7-9-20(21)29-12-14-4-2-3-5-18(14)24)27-22-17-10-15(23)6-8-19(17)25-13-26-22/h2-11,13H,12H2,1H3,(H,25,26,27). The summed E-state index contributed by atoms with van der Waals surface area (Å²) in [6, 6.07) is 19.6. The zero-order valence-electron chi connectivity index (χ0n) is 15.5. The number of ether oxygens (including phenoxy) is 2. The molecule has 29 heavy (non-hydrogen) atoms. The van der Waals surface area contributed by atoms with Crippen molar-refractivity contribution in [1.29, 1.82) is 0 Å². The Kier molecular flexibility index (Phi) is 5.97. The first-order chi connectivity index (χ1) is 14.1. The summed E-state index contributed by atoms with van der Waals surface area (Å²) in [7, 11) is 1.63. The van der Waals surface area contributed by atoms with Crippen LogP contribution in [0.2, 0.25) is 0 Å². The second-order valence-electron chi connectivity index (χ2n) is 6.25. The molecule has 4 aromatic rings. The number of methoxy groups -OCH3 is 1. The quantitative estimate of drug-likeness (QED) is 0.319. The SMILES string of the molecule is COc1cc(Nc2ncnc3ccc(Br)cc23)ccc1OCc1ccccc1Br. The van der Waals surface area contributed by atoms with E-state index >= 15 is 0 Å². The molecule has 0 amide bonds. The van der Waals surface area contributed by atoms with Crippen LogP contribution in [0.5, 0.6) is 11.5 Å². The second kappa shape index (κ2) is 8.80. The summed E-state index contributed by atoms with van der Waals surface area (Å²) in [5, 5.41) is 4.27. The van der Waals surface area contributed by atoms with Gasteiger partial charge in [0.1, 0.15) is 18.8 Å². The average Bonchev–Trinajstić information content (AvgIpc) is 2.74. The minimum Gasteiger partial charge on any atom is -0.493 e. The molecule has 7 heteroatoms. The van der Waals surface area contributed by atoms with Crippen LogP contribution < -0.4 is 14.8 Å². The van der Waals surface area contributed by atoms with E-state index < -0.39 is 0 Å². The fraction of sp³-hybridized carbons (Fsp3) is 0.0909. The molecule has 0 aliphatic heterocycles. The summed E-state index contributed by atoms with van der Waals surface area (Å²) in [4.78, 5) is 8.70. The molecule has 0 aliphatic rings. The van der Waals surface area contributed by atoms with Gasteiger partial charge in [0.2, 0.25) is 0 Å². The molecule has 0 bridgehead atoms. The molecule has 1 aromatic heterocycles. The number of nitrogens with one attached hydrogen (secondary N) is 1. The minimum absolute atomic E-state index is 0.440. The van der Waals surface area contributed by atoms with Crippen molar-refractivity contribution in [3.05, 3.63) is 81.5 Å². The van der Waals surface area contributed by atoms with Crippen LogP contribution in [-0.2, 0) is 6.61 Å². The molecule has 4 rings (SSSR count). The molecule has 0 radical (unpaired) electrons. The molecular weight excluding hydrogens is 498 g/mol. The van der Waals surface area contributed by atoms with E-state index in [-0.39, 0.29) is 0 Å². The molecule has 146 valence electrons. The number of nitrogens with zero attached hydrogens (tertiary/aromatic N) is 2. The molecule has 0 unspecified atom stereocenters. The minimum atomic E-state index is 0.440. The van der Waals surface area contributed by atoms with Crippen LogP contribution in [0.3, 0.4) is 0 Å². The first kappa shape index (κ1) is 19.7. The van der Waals surface area contributed by atoms with E-state index in [1.165, 1.54) is 0 Å². The van der Waals surface area contributed by atoms with Crippen LogP contribution in [0.4, 0.5) is 11.5 Å². The van der Waals surface area contributed by atoms with Crippen molar-refractivity contribution in [3.63, 3.8) is 0 Å². The van der Waals surface area contributed by atoms with E-state index in [2.05, 4.69) is 47.1 Å². The van der Waals surface area contributed by atoms with Gasteiger partial charge in [-0.05, 0) is 36.4 Å². The second-order valence-corrected chi connectivity index (χ2v) is 8.02. The van der Waals surface area contributed by atoms with E-state index in [0.29, 0.717) is 18.1 Å². The third-order valence-corrected chi connectivity index (χ3v) is 5.63. The normalized spacial score (nSPS) is 10.7. The van der Waals surface area contributed by atoms with Crippen LogP contribution in [0.1, 0.15) is 5.56 Å². The third kappa shape index (κ3) is 4.52. The Balaban J connectivity index is 1.57. The summed E-state index contributed by atoms with van der Waals surface area (Å²) < 4.78 is 13.5. The number of aromatic nitrogens is 2. The summed E-state index contributed by atoms with van der Waals surface area (Å²) in [6.07, 6.45) is 1.55. The lowest BCUT2D eigenvalue weighted by atomic mass is 10.2. The molecule has 5 nitrogen and oxygen atoms in total. The number of hydrogen-bond acceptors (Lipinski definition) is 5. The Bertz CT molecular complexity index is 1170. The zero-order chi connectivity index (χ0) is 20.2. The van der Waals surface area contributed by atoms with E-state index in [1.807, 2.05) is 60.7 Å². The predicted molar refractivity (Wildman–Crippen MR) is 122 cm³/mol. The summed E-state index contributed by atoms with van der Waals surface area (Å²) in [5.74, 6) is 2.03. The number of halogens is 2. The third-order valence-electron chi connectivity index (χ3n) is 4.36. The molecule has 1 heterocycles. The van der Waals surface area contributed by atoms with Gasteiger partial charge in [0.15, 0.2) is 11.5 Å². The van der Waals surface area contributed by atoms with E-state index in [9.17, 15) is 0 Å². The Hall–Kier alpha value is -2.64. The topological polar surface area (TPSA) is 56.3 Å². The molecular formula is C22H17Br2N3O2. The zero-order valence-corrected chi connectivity index (χ0v) is 18.7. The highest BCUT2D eigenvalue weighted by atomic mass is 79.9. The highest BCUT2D eigenvalue weighted by Crippen LogP contribution is 2.33. The van der Waals surface area contributed by atoms with Crippen LogP contribution >= 0.6 is 31.9 Å². The molecule has 3 aromatic carbocycles. The maximum Gasteiger partial charge on any atom is 0.162 e. The van der Waals surface area contributed by atoms with Gasteiger partial charge in [-0.15, -0.1) is 0 Å². The van der Waals surface area contributed by atoms with Gasteiger partial charge >= 0.3 is 0 Å². The van der Waals surface area contributed by atoms with E-state index in [4.69, 9.17) is 9.47 Å². The molecule has 0 spiro atoms. The molecule has 0 aliphatic carbocycles. The van der Waals surface area contributed by atoms with Crippen LogP contribution in [0.25, 0.3) is 10.9 Å². The van der Waals surface area contributed by atoms with Crippen molar-refractivity contribution in [2.45, 2.75) is 6.61 Å². The monoisotopic (exact) mass is 513 g/mol. The molecule has 0 fully saturated rings. The highest BCUT2D eigenvalue weighted by Gasteiger charge is 2.10. The Morgan fingerprint density at radius 1 is 0.931 bits per heavy atom. The van der Waals surface area contributed by atoms with Gasteiger partial charge in [-0.2, -0.15) is 0 Å². The lowest BCUT2D eigenvalue weighted by molar-refractivity contribution is 0.284. The van der Waals surface area contributed by atoms with Gasteiger partial charge in [0.05, 0.1) is 12.6 Å². The molecule has 0 saturated carbocycles. The van der Waals surface area contributed by atoms with Crippen molar-refractivity contribution >= 4 is 54.3 Å². The largest absolute Gasteiger partial charge is 0.493 e. The smallest absolute Gasteiger partial charge is 0.162 e. The summed E-state index contributed by atoms with van der Waals surface area (Å²) >= 11 is 7.04. The number of benzene rings is 3. The highest BCUT2D eigenvalue weighted by molar-refractivity contribution is 9.10. The van der Waals surface area contributed by atoms with Gasteiger partial charge < -0.3 is 14.8 Å². The molecule has 0 saturated heterocycles. The lowest BCUT2D eigenvalue weighted by Crippen LogP contribution is -2.00. The number of anilines is 2. The van der Waals surface area contributed by atoms with E-state index in [0.717, 1.165) is 36.9 Å². The Labute approximate surface area is 185 Å². The van der Waals surface area contributed by atoms with Crippen LogP contribution in [0, 0.1) is 0 Å². The number of fused-ring (bicyclic) bond motifs is 1. The fourth-order valence-corrected chi connectivity index (χ4v) is 3.66. The molecule has 1 N–H and O–H groups in total. The summed E-state index contributed by atoms with van der Waals surface area (Å²) in [5.41, 5.74) is 2.77.